The first kappa shape index (κ1) is 18.0. The van der Waals surface area contributed by atoms with Crippen LogP contribution in [0.2, 0.25) is 0 Å². The molecular weight excluding hydrogens is 348 g/mol. The van der Waals surface area contributed by atoms with E-state index in [4.69, 9.17) is 0 Å². The molecule has 140 valence electrons. The first-order valence-electron chi connectivity index (χ1n) is 9.52. The Bertz CT molecular complexity index is 966. The van der Waals surface area contributed by atoms with Crippen LogP contribution in [0.1, 0.15) is 39.1 Å². The van der Waals surface area contributed by atoms with Crippen molar-refractivity contribution in [2.45, 2.75) is 25.4 Å². The predicted molar refractivity (Wildman–Crippen MR) is 110 cm³/mol. The number of carbonyl (C=O) groups excluding carboxylic acids is 2. The van der Waals surface area contributed by atoms with Gasteiger partial charge in [0.1, 0.15) is 0 Å². The molecule has 0 heterocycles. The summed E-state index contributed by atoms with van der Waals surface area (Å²) in [6.45, 7) is 0.461. The van der Waals surface area contributed by atoms with Gasteiger partial charge in [0.2, 0.25) is 0 Å². The quantitative estimate of drug-likeness (QED) is 0.698. The second-order valence-corrected chi connectivity index (χ2v) is 7.04. The van der Waals surface area contributed by atoms with Crippen LogP contribution in [-0.2, 0) is 6.54 Å². The lowest BCUT2D eigenvalue weighted by atomic mass is 10.1. The van der Waals surface area contributed by atoms with Gasteiger partial charge in [-0.15, -0.1) is 0 Å². The van der Waals surface area contributed by atoms with E-state index in [1.807, 2.05) is 60.7 Å². The smallest absolute Gasteiger partial charge is 0.258 e. The SMILES string of the molecule is O=C(NC1CC1)c1cccc(C(=O)N(Cc2ccccc2)c2ccccc2)c1. The van der Waals surface area contributed by atoms with Crippen LogP contribution >= 0.6 is 0 Å². The molecule has 2 amide bonds. The number of rotatable bonds is 6. The minimum absolute atomic E-state index is 0.119. The highest BCUT2D eigenvalue weighted by atomic mass is 16.2. The number of anilines is 1. The highest BCUT2D eigenvalue weighted by Gasteiger charge is 2.24. The summed E-state index contributed by atoms with van der Waals surface area (Å²) in [5.74, 6) is -0.248. The number of carbonyl (C=O) groups is 2. The standard InChI is InChI=1S/C24H22N2O2/c27-23(25-21-14-15-21)19-10-7-11-20(16-19)24(28)26(22-12-5-2-6-13-22)17-18-8-3-1-4-9-18/h1-13,16,21H,14-15,17H2,(H,25,27). The van der Waals surface area contributed by atoms with Crippen molar-refractivity contribution in [3.05, 3.63) is 102 Å². The highest BCUT2D eigenvalue weighted by Crippen LogP contribution is 2.22. The topological polar surface area (TPSA) is 49.4 Å². The molecule has 1 N–H and O–H groups in total. The lowest BCUT2D eigenvalue weighted by Gasteiger charge is -2.23. The van der Waals surface area contributed by atoms with Crippen molar-refractivity contribution in [1.29, 1.82) is 0 Å². The van der Waals surface area contributed by atoms with E-state index in [9.17, 15) is 9.59 Å². The fourth-order valence-electron chi connectivity index (χ4n) is 3.10. The summed E-state index contributed by atoms with van der Waals surface area (Å²) in [6, 6.07) is 26.7. The van der Waals surface area contributed by atoms with Gasteiger partial charge in [-0.1, -0.05) is 54.6 Å². The number of hydrogen-bond donors (Lipinski definition) is 1. The van der Waals surface area contributed by atoms with Crippen molar-refractivity contribution in [2.75, 3.05) is 4.90 Å². The molecular formula is C24H22N2O2. The molecule has 1 aliphatic rings. The first-order valence-corrected chi connectivity index (χ1v) is 9.52. The van der Waals surface area contributed by atoms with E-state index < -0.39 is 0 Å². The third kappa shape index (κ3) is 4.29. The number of para-hydroxylation sites is 1. The minimum atomic E-state index is -0.129. The van der Waals surface area contributed by atoms with Crippen molar-refractivity contribution < 1.29 is 9.59 Å². The summed E-state index contributed by atoms with van der Waals surface area (Å²) < 4.78 is 0. The van der Waals surface area contributed by atoms with Crippen LogP contribution in [0.4, 0.5) is 5.69 Å². The maximum absolute atomic E-state index is 13.4. The van der Waals surface area contributed by atoms with Gasteiger partial charge >= 0.3 is 0 Å². The molecule has 1 fully saturated rings. The van der Waals surface area contributed by atoms with Crippen molar-refractivity contribution in [1.82, 2.24) is 5.32 Å². The summed E-state index contributed by atoms with van der Waals surface area (Å²) in [6.07, 6.45) is 2.06. The van der Waals surface area contributed by atoms with Crippen LogP contribution in [0.5, 0.6) is 0 Å². The summed E-state index contributed by atoms with van der Waals surface area (Å²) in [4.78, 5) is 27.5. The Labute approximate surface area is 164 Å². The second kappa shape index (κ2) is 8.09. The molecule has 1 aliphatic carbocycles. The Hall–Kier alpha value is -3.40. The molecule has 4 rings (SSSR count). The number of amides is 2. The van der Waals surface area contributed by atoms with E-state index in [2.05, 4.69) is 5.32 Å². The molecule has 3 aromatic rings. The molecule has 4 nitrogen and oxygen atoms in total. The molecule has 4 heteroatoms. The summed E-state index contributed by atoms with van der Waals surface area (Å²) in [5.41, 5.74) is 2.89. The zero-order valence-corrected chi connectivity index (χ0v) is 15.5. The lowest BCUT2D eigenvalue weighted by Crippen LogP contribution is -2.31. The Balaban J connectivity index is 1.62. The summed E-state index contributed by atoms with van der Waals surface area (Å²) in [5, 5.41) is 2.97. The molecule has 0 aromatic heterocycles. The van der Waals surface area contributed by atoms with Gasteiger partial charge < -0.3 is 10.2 Å². The van der Waals surface area contributed by atoms with Crippen molar-refractivity contribution >= 4 is 17.5 Å². The molecule has 0 unspecified atom stereocenters. The third-order valence-corrected chi connectivity index (χ3v) is 4.78. The lowest BCUT2D eigenvalue weighted by molar-refractivity contribution is 0.0951. The Morgan fingerprint density at radius 3 is 2.14 bits per heavy atom. The van der Waals surface area contributed by atoms with Crippen LogP contribution in [0.15, 0.2) is 84.9 Å². The van der Waals surface area contributed by atoms with Crippen molar-refractivity contribution in [2.24, 2.45) is 0 Å². The fourth-order valence-corrected chi connectivity index (χ4v) is 3.10. The second-order valence-electron chi connectivity index (χ2n) is 7.04. The summed E-state index contributed by atoms with van der Waals surface area (Å²) in [7, 11) is 0. The monoisotopic (exact) mass is 370 g/mol. The average Bonchev–Trinajstić information content (AvgIpc) is 3.57. The van der Waals surface area contributed by atoms with Crippen LogP contribution in [0.25, 0.3) is 0 Å². The molecule has 28 heavy (non-hydrogen) atoms. The normalized spacial score (nSPS) is 13.0. The number of nitrogens with zero attached hydrogens (tertiary/aromatic N) is 1. The van der Waals surface area contributed by atoms with Crippen LogP contribution in [0.3, 0.4) is 0 Å². The highest BCUT2D eigenvalue weighted by molar-refractivity contribution is 6.07. The Morgan fingerprint density at radius 1 is 0.821 bits per heavy atom. The van der Waals surface area contributed by atoms with E-state index in [0.29, 0.717) is 17.7 Å². The largest absolute Gasteiger partial charge is 0.349 e. The van der Waals surface area contributed by atoms with Gasteiger partial charge in [0.25, 0.3) is 11.8 Å². The van der Waals surface area contributed by atoms with E-state index in [1.54, 1.807) is 29.2 Å². The molecule has 3 aromatic carbocycles. The van der Waals surface area contributed by atoms with Gasteiger partial charge in [-0.2, -0.15) is 0 Å². The van der Waals surface area contributed by atoms with E-state index in [-0.39, 0.29) is 17.9 Å². The third-order valence-electron chi connectivity index (χ3n) is 4.78. The molecule has 1 saturated carbocycles. The van der Waals surface area contributed by atoms with Crippen molar-refractivity contribution in [3.63, 3.8) is 0 Å². The average molecular weight is 370 g/mol. The number of benzene rings is 3. The van der Waals surface area contributed by atoms with Gasteiger partial charge in [-0.05, 0) is 48.7 Å². The molecule has 0 bridgehead atoms. The van der Waals surface area contributed by atoms with Gasteiger partial charge in [0, 0.05) is 22.9 Å². The van der Waals surface area contributed by atoms with Crippen LogP contribution < -0.4 is 10.2 Å². The van der Waals surface area contributed by atoms with Gasteiger partial charge in [-0.3, -0.25) is 9.59 Å². The van der Waals surface area contributed by atoms with Gasteiger partial charge in [0.15, 0.2) is 0 Å². The Kier molecular flexibility index (Phi) is 5.20. The van der Waals surface area contributed by atoms with E-state index in [0.717, 1.165) is 24.1 Å². The molecule has 0 radical (unpaired) electrons. The van der Waals surface area contributed by atoms with E-state index in [1.165, 1.54) is 0 Å². The zero-order valence-electron chi connectivity index (χ0n) is 15.5. The Morgan fingerprint density at radius 2 is 1.46 bits per heavy atom. The zero-order chi connectivity index (χ0) is 19.3. The fraction of sp³-hybridized carbons (Fsp3) is 0.167. The predicted octanol–water partition coefficient (Wildman–Crippen LogP) is 4.43. The summed E-state index contributed by atoms with van der Waals surface area (Å²) >= 11 is 0. The van der Waals surface area contributed by atoms with Gasteiger partial charge in [0.05, 0.1) is 6.54 Å². The number of nitrogens with one attached hydrogen (secondary N) is 1. The molecule has 0 spiro atoms. The van der Waals surface area contributed by atoms with Gasteiger partial charge in [-0.25, -0.2) is 0 Å². The van der Waals surface area contributed by atoms with Crippen LogP contribution in [0, 0.1) is 0 Å². The number of hydrogen-bond acceptors (Lipinski definition) is 2. The maximum atomic E-state index is 13.4. The molecule has 0 atom stereocenters. The maximum Gasteiger partial charge on any atom is 0.258 e. The molecule has 0 saturated heterocycles. The van der Waals surface area contributed by atoms with Crippen molar-refractivity contribution in [3.8, 4) is 0 Å². The van der Waals surface area contributed by atoms with E-state index >= 15 is 0 Å². The van der Waals surface area contributed by atoms with Crippen LogP contribution in [-0.4, -0.2) is 17.9 Å². The molecule has 0 aliphatic heterocycles. The first-order chi connectivity index (χ1) is 13.7. The minimum Gasteiger partial charge on any atom is -0.349 e.